The maximum absolute atomic E-state index is 11.3. The lowest BCUT2D eigenvalue weighted by Crippen LogP contribution is -2.02. The average molecular weight is 257 g/mol. The van der Waals surface area contributed by atoms with Gasteiger partial charge in [-0.05, 0) is 12.1 Å². The first-order chi connectivity index (χ1) is 9.26. The number of hydrogen-bond acceptors (Lipinski definition) is 5. The molecule has 0 fully saturated rings. The SMILES string of the molecule is COC(=O)c1cn(Cc2nc3ccccc3[nH]2)nn1. The first kappa shape index (κ1) is 11.4. The summed E-state index contributed by atoms with van der Waals surface area (Å²) in [6, 6.07) is 7.75. The number of rotatable bonds is 3. The highest BCUT2D eigenvalue weighted by atomic mass is 16.5. The zero-order valence-electron chi connectivity index (χ0n) is 10.2. The molecule has 0 amide bonds. The quantitative estimate of drug-likeness (QED) is 0.707. The molecule has 2 aromatic heterocycles. The Morgan fingerprint density at radius 2 is 2.26 bits per heavy atom. The summed E-state index contributed by atoms with van der Waals surface area (Å²) in [5.74, 6) is 0.248. The van der Waals surface area contributed by atoms with E-state index in [4.69, 9.17) is 0 Å². The van der Waals surface area contributed by atoms with Gasteiger partial charge in [0.15, 0.2) is 5.69 Å². The number of aromatic amines is 1. The fourth-order valence-electron chi connectivity index (χ4n) is 1.81. The topological polar surface area (TPSA) is 85.7 Å². The molecule has 0 aliphatic rings. The molecule has 2 heterocycles. The molecule has 0 aliphatic carbocycles. The van der Waals surface area contributed by atoms with Gasteiger partial charge in [-0.3, -0.25) is 0 Å². The minimum atomic E-state index is -0.504. The standard InChI is InChI=1S/C12H11N5O2/c1-19-12(18)10-6-17(16-15-10)7-11-13-8-4-2-3-5-9(8)14-11/h2-6H,7H2,1H3,(H,13,14). The summed E-state index contributed by atoms with van der Waals surface area (Å²) in [4.78, 5) is 18.9. The first-order valence-corrected chi connectivity index (χ1v) is 5.68. The van der Waals surface area contributed by atoms with Gasteiger partial charge in [0, 0.05) is 0 Å². The molecule has 1 aromatic carbocycles. The Hall–Kier alpha value is -2.70. The molecule has 7 nitrogen and oxygen atoms in total. The molecular formula is C12H11N5O2. The normalized spacial score (nSPS) is 10.8. The summed E-state index contributed by atoms with van der Waals surface area (Å²) < 4.78 is 6.10. The molecule has 0 saturated heterocycles. The Kier molecular flexibility index (Phi) is 2.71. The van der Waals surface area contributed by atoms with Crippen LogP contribution in [-0.4, -0.2) is 38.0 Å². The maximum atomic E-state index is 11.3. The third kappa shape index (κ3) is 2.17. The molecule has 3 aromatic rings. The van der Waals surface area contributed by atoms with Crippen molar-refractivity contribution in [3.8, 4) is 0 Å². The van der Waals surface area contributed by atoms with E-state index in [2.05, 4.69) is 25.0 Å². The van der Waals surface area contributed by atoms with Crippen molar-refractivity contribution in [1.82, 2.24) is 25.0 Å². The van der Waals surface area contributed by atoms with Crippen molar-refractivity contribution in [3.63, 3.8) is 0 Å². The smallest absolute Gasteiger partial charge is 0.360 e. The molecule has 0 atom stereocenters. The number of para-hydroxylation sites is 2. The Balaban J connectivity index is 1.84. The van der Waals surface area contributed by atoms with Crippen LogP contribution < -0.4 is 0 Å². The highest BCUT2D eigenvalue weighted by Gasteiger charge is 2.11. The molecule has 0 saturated carbocycles. The van der Waals surface area contributed by atoms with Gasteiger partial charge in [-0.15, -0.1) is 5.10 Å². The molecule has 0 bridgehead atoms. The molecule has 1 N–H and O–H groups in total. The van der Waals surface area contributed by atoms with Gasteiger partial charge in [0.1, 0.15) is 12.4 Å². The van der Waals surface area contributed by atoms with Crippen LogP contribution in [0.3, 0.4) is 0 Å². The van der Waals surface area contributed by atoms with E-state index in [1.165, 1.54) is 18.0 Å². The predicted octanol–water partition coefficient (Wildman–Crippen LogP) is 0.989. The Labute approximate surface area is 108 Å². The van der Waals surface area contributed by atoms with Crippen LogP contribution in [-0.2, 0) is 11.3 Å². The van der Waals surface area contributed by atoms with Gasteiger partial charge in [0.05, 0.1) is 24.3 Å². The van der Waals surface area contributed by atoms with Crippen molar-refractivity contribution in [2.45, 2.75) is 6.54 Å². The maximum Gasteiger partial charge on any atom is 0.360 e. The molecule has 0 radical (unpaired) electrons. The van der Waals surface area contributed by atoms with Crippen molar-refractivity contribution < 1.29 is 9.53 Å². The van der Waals surface area contributed by atoms with Crippen LogP contribution in [0.15, 0.2) is 30.5 Å². The van der Waals surface area contributed by atoms with Gasteiger partial charge >= 0.3 is 5.97 Å². The van der Waals surface area contributed by atoms with Crippen LogP contribution in [0.1, 0.15) is 16.3 Å². The molecule has 0 unspecified atom stereocenters. The first-order valence-electron chi connectivity index (χ1n) is 5.68. The zero-order valence-corrected chi connectivity index (χ0v) is 10.2. The summed E-state index contributed by atoms with van der Waals surface area (Å²) in [6.07, 6.45) is 1.53. The Bertz CT molecular complexity index is 697. The van der Waals surface area contributed by atoms with Crippen molar-refractivity contribution in [1.29, 1.82) is 0 Å². The summed E-state index contributed by atoms with van der Waals surface area (Å²) >= 11 is 0. The van der Waals surface area contributed by atoms with Crippen LogP contribution in [0.25, 0.3) is 11.0 Å². The second kappa shape index (κ2) is 4.52. The molecule has 0 aliphatic heterocycles. The summed E-state index contributed by atoms with van der Waals surface area (Å²) in [5, 5.41) is 7.59. The van der Waals surface area contributed by atoms with Crippen LogP contribution in [0, 0.1) is 0 Å². The largest absolute Gasteiger partial charge is 0.464 e. The van der Waals surface area contributed by atoms with Crippen molar-refractivity contribution >= 4 is 17.0 Å². The van der Waals surface area contributed by atoms with Crippen molar-refractivity contribution in [2.24, 2.45) is 0 Å². The number of imidazole rings is 1. The van der Waals surface area contributed by atoms with E-state index < -0.39 is 5.97 Å². The van der Waals surface area contributed by atoms with E-state index in [1.807, 2.05) is 24.3 Å². The average Bonchev–Trinajstić information content (AvgIpc) is 3.04. The number of methoxy groups -OCH3 is 1. The van der Waals surface area contributed by atoms with Crippen LogP contribution in [0.4, 0.5) is 0 Å². The van der Waals surface area contributed by atoms with Gasteiger partial charge in [0.25, 0.3) is 0 Å². The van der Waals surface area contributed by atoms with E-state index in [0.29, 0.717) is 6.54 Å². The lowest BCUT2D eigenvalue weighted by Gasteiger charge is -1.94. The molecule has 96 valence electrons. The Morgan fingerprint density at radius 3 is 3.05 bits per heavy atom. The number of esters is 1. The monoisotopic (exact) mass is 257 g/mol. The van der Waals surface area contributed by atoms with Gasteiger partial charge in [0.2, 0.25) is 0 Å². The number of carbonyl (C=O) groups excluding carboxylic acids is 1. The van der Waals surface area contributed by atoms with E-state index >= 15 is 0 Å². The highest BCUT2D eigenvalue weighted by Crippen LogP contribution is 2.10. The molecule has 0 spiro atoms. The molecular weight excluding hydrogens is 246 g/mol. The molecule has 3 rings (SSSR count). The van der Waals surface area contributed by atoms with Crippen LogP contribution in [0.2, 0.25) is 0 Å². The third-order valence-corrected chi connectivity index (χ3v) is 2.68. The second-order valence-electron chi connectivity index (χ2n) is 3.99. The van der Waals surface area contributed by atoms with Crippen molar-refractivity contribution in [3.05, 3.63) is 42.0 Å². The number of hydrogen-bond donors (Lipinski definition) is 1. The van der Waals surface area contributed by atoms with Crippen molar-refractivity contribution in [2.75, 3.05) is 7.11 Å². The van der Waals surface area contributed by atoms with Crippen LogP contribution >= 0.6 is 0 Å². The second-order valence-corrected chi connectivity index (χ2v) is 3.99. The molecule has 19 heavy (non-hydrogen) atoms. The van der Waals surface area contributed by atoms with Gasteiger partial charge in [-0.25, -0.2) is 14.5 Å². The number of aromatic nitrogens is 5. The van der Waals surface area contributed by atoms with E-state index in [1.54, 1.807) is 0 Å². The van der Waals surface area contributed by atoms with Gasteiger partial charge < -0.3 is 9.72 Å². The zero-order chi connectivity index (χ0) is 13.2. The molecule has 7 heteroatoms. The van der Waals surface area contributed by atoms with E-state index in [9.17, 15) is 4.79 Å². The number of carbonyl (C=O) groups is 1. The number of fused-ring (bicyclic) bond motifs is 1. The van der Waals surface area contributed by atoms with Gasteiger partial charge in [-0.1, -0.05) is 17.3 Å². The lowest BCUT2D eigenvalue weighted by atomic mass is 10.3. The Morgan fingerprint density at radius 1 is 1.42 bits per heavy atom. The highest BCUT2D eigenvalue weighted by molar-refractivity contribution is 5.86. The minimum absolute atomic E-state index is 0.179. The number of nitrogens with zero attached hydrogens (tertiary/aromatic N) is 4. The van der Waals surface area contributed by atoms with Crippen LogP contribution in [0.5, 0.6) is 0 Å². The summed E-state index contributed by atoms with van der Waals surface area (Å²) in [5.41, 5.74) is 2.04. The van der Waals surface area contributed by atoms with Gasteiger partial charge in [-0.2, -0.15) is 0 Å². The fourth-order valence-corrected chi connectivity index (χ4v) is 1.81. The fraction of sp³-hybridized carbons (Fsp3) is 0.167. The third-order valence-electron chi connectivity index (χ3n) is 2.68. The predicted molar refractivity (Wildman–Crippen MR) is 66.6 cm³/mol. The number of H-pyrrole nitrogens is 1. The van der Waals surface area contributed by atoms with E-state index in [-0.39, 0.29) is 5.69 Å². The number of benzene rings is 1. The number of nitrogens with one attached hydrogen (secondary N) is 1. The van der Waals surface area contributed by atoms with E-state index in [0.717, 1.165) is 16.9 Å². The summed E-state index contributed by atoms with van der Waals surface area (Å²) in [6.45, 7) is 0.415. The summed E-state index contributed by atoms with van der Waals surface area (Å²) in [7, 11) is 1.31. The lowest BCUT2D eigenvalue weighted by molar-refractivity contribution is 0.0594. The minimum Gasteiger partial charge on any atom is -0.464 e. The number of ether oxygens (including phenoxy) is 1.